The van der Waals surface area contributed by atoms with Crippen LogP contribution in [0.5, 0.6) is 0 Å². The van der Waals surface area contributed by atoms with Gasteiger partial charge in [0, 0.05) is 12.2 Å². The van der Waals surface area contributed by atoms with E-state index in [2.05, 4.69) is 40.2 Å². The number of anilines is 2. The lowest BCUT2D eigenvalue weighted by atomic mass is 10.1. The Hall–Kier alpha value is -2.69. The lowest BCUT2D eigenvalue weighted by Crippen LogP contribution is -2.24. The maximum Gasteiger partial charge on any atom is 0.271 e. The van der Waals surface area contributed by atoms with Gasteiger partial charge in [-0.05, 0) is 18.1 Å². The summed E-state index contributed by atoms with van der Waals surface area (Å²) in [6.45, 7) is 6.05. The average Bonchev–Trinajstić information content (AvgIpc) is 2.54. The normalized spacial score (nSPS) is 9.95. The minimum atomic E-state index is -0.261. The third-order valence-electron chi connectivity index (χ3n) is 2.95. The van der Waals surface area contributed by atoms with Crippen LogP contribution in [0.4, 0.5) is 11.5 Å². The van der Waals surface area contributed by atoms with E-state index >= 15 is 0 Å². The zero-order valence-corrected chi connectivity index (χ0v) is 12.0. The molecule has 0 radical (unpaired) electrons. The maximum atomic E-state index is 11.7. The van der Waals surface area contributed by atoms with Crippen LogP contribution in [-0.2, 0) is 6.42 Å². The summed E-state index contributed by atoms with van der Waals surface area (Å²) in [6, 6.07) is 8.02. The molecule has 0 unspecified atom stereocenters. The fourth-order valence-electron chi connectivity index (χ4n) is 1.85. The highest BCUT2D eigenvalue weighted by molar-refractivity contribution is 5.92. The van der Waals surface area contributed by atoms with Crippen LogP contribution in [0.25, 0.3) is 0 Å². The Kier molecular flexibility index (Phi) is 5.04. The molecule has 0 saturated heterocycles. The molecule has 1 aromatic carbocycles. The van der Waals surface area contributed by atoms with Crippen molar-refractivity contribution in [2.45, 2.75) is 13.3 Å². The smallest absolute Gasteiger partial charge is 0.271 e. The first kappa shape index (κ1) is 14.7. The van der Waals surface area contributed by atoms with Crippen LogP contribution in [0.15, 0.2) is 49.3 Å². The number of aryl methyl sites for hydroxylation is 1. The first-order valence-electron chi connectivity index (χ1n) is 6.80. The number of para-hydroxylation sites is 1. The number of nitrogens with one attached hydrogen (secondary N) is 2. The van der Waals surface area contributed by atoms with Crippen molar-refractivity contribution >= 4 is 17.4 Å². The molecule has 0 atom stereocenters. The SMILES string of the molecule is C=CCNC(=O)c1cnc(Nc2ccccc2CC)cn1. The summed E-state index contributed by atoms with van der Waals surface area (Å²) < 4.78 is 0. The molecule has 0 fully saturated rings. The summed E-state index contributed by atoms with van der Waals surface area (Å²) in [6.07, 6.45) is 5.55. The van der Waals surface area contributed by atoms with Gasteiger partial charge < -0.3 is 10.6 Å². The molecule has 2 aromatic rings. The van der Waals surface area contributed by atoms with Gasteiger partial charge in [-0.1, -0.05) is 31.2 Å². The van der Waals surface area contributed by atoms with Gasteiger partial charge in [0.2, 0.25) is 0 Å². The Morgan fingerprint density at radius 1 is 1.29 bits per heavy atom. The number of amides is 1. The molecular formula is C16H18N4O. The van der Waals surface area contributed by atoms with Gasteiger partial charge >= 0.3 is 0 Å². The fourth-order valence-corrected chi connectivity index (χ4v) is 1.85. The van der Waals surface area contributed by atoms with E-state index in [0.717, 1.165) is 12.1 Å². The van der Waals surface area contributed by atoms with Crippen molar-refractivity contribution in [2.75, 3.05) is 11.9 Å². The van der Waals surface area contributed by atoms with Crippen molar-refractivity contribution in [3.63, 3.8) is 0 Å². The minimum absolute atomic E-state index is 0.261. The van der Waals surface area contributed by atoms with E-state index in [-0.39, 0.29) is 11.6 Å². The molecule has 2 rings (SSSR count). The summed E-state index contributed by atoms with van der Waals surface area (Å²) >= 11 is 0. The molecule has 0 aliphatic rings. The lowest BCUT2D eigenvalue weighted by Gasteiger charge is -2.10. The van der Waals surface area contributed by atoms with Crippen molar-refractivity contribution in [3.05, 3.63) is 60.6 Å². The van der Waals surface area contributed by atoms with Crippen molar-refractivity contribution in [3.8, 4) is 0 Å². The Morgan fingerprint density at radius 3 is 2.76 bits per heavy atom. The molecule has 0 bridgehead atoms. The summed E-state index contributed by atoms with van der Waals surface area (Å²) in [5, 5.41) is 5.87. The average molecular weight is 282 g/mol. The Morgan fingerprint density at radius 2 is 2.10 bits per heavy atom. The van der Waals surface area contributed by atoms with E-state index in [1.165, 1.54) is 11.8 Å². The predicted octanol–water partition coefficient (Wildman–Crippen LogP) is 2.70. The summed E-state index contributed by atoms with van der Waals surface area (Å²) in [4.78, 5) is 20.0. The van der Waals surface area contributed by atoms with Crippen LogP contribution in [0.3, 0.4) is 0 Å². The van der Waals surface area contributed by atoms with Gasteiger partial charge in [-0.25, -0.2) is 9.97 Å². The predicted molar refractivity (Wildman–Crippen MR) is 83.7 cm³/mol. The molecule has 2 N–H and O–H groups in total. The summed E-state index contributed by atoms with van der Waals surface area (Å²) in [5.74, 6) is 0.346. The van der Waals surface area contributed by atoms with Crippen LogP contribution in [-0.4, -0.2) is 22.4 Å². The summed E-state index contributed by atoms with van der Waals surface area (Å²) in [5.41, 5.74) is 2.48. The van der Waals surface area contributed by atoms with Crippen LogP contribution < -0.4 is 10.6 Å². The minimum Gasteiger partial charge on any atom is -0.347 e. The van der Waals surface area contributed by atoms with Crippen molar-refractivity contribution in [1.29, 1.82) is 0 Å². The van der Waals surface area contributed by atoms with Crippen molar-refractivity contribution in [2.24, 2.45) is 0 Å². The van der Waals surface area contributed by atoms with Crippen molar-refractivity contribution in [1.82, 2.24) is 15.3 Å². The number of rotatable bonds is 6. The number of nitrogens with zero attached hydrogens (tertiary/aromatic N) is 2. The zero-order valence-electron chi connectivity index (χ0n) is 12.0. The van der Waals surface area contributed by atoms with Gasteiger partial charge in [-0.2, -0.15) is 0 Å². The van der Waals surface area contributed by atoms with E-state index in [9.17, 15) is 4.79 Å². The number of hydrogen-bond acceptors (Lipinski definition) is 4. The van der Waals surface area contributed by atoms with E-state index in [1.807, 2.05) is 18.2 Å². The second-order valence-corrected chi connectivity index (χ2v) is 4.42. The van der Waals surface area contributed by atoms with Gasteiger partial charge in [0.25, 0.3) is 5.91 Å². The molecule has 1 heterocycles. The lowest BCUT2D eigenvalue weighted by molar-refractivity contribution is 0.0952. The molecule has 1 amide bonds. The molecule has 5 heteroatoms. The standard InChI is InChI=1S/C16H18N4O/c1-3-9-17-16(21)14-10-19-15(11-18-14)20-13-8-6-5-7-12(13)4-2/h3,5-8,10-11H,1,4,9H2,2H3,(H,17,21)(H,19,20). The molecule has 1 aromatic heterocycles. The Labute approximate surface area is 124 Å². The molecule has 108 valence electrons. The van der Waals surface area contributed by atoms with Crippen molar-refractivity contribution < 1.29 is 4.79 Å². The number of hydrogen-bond donors (Lipinski definition) is 2. The van der Waals surface area contributed by atoms with Gasteiger partial charge in [-0.3, -0.25) is 4.79 Å². The van der Waals surface area contributed by atoms with E-state index in [4.69, 9.17) is 0 Å². The third-order valence-corrected chi connectivity index (χ3v) is 2.95. The highest BCUT2D eigenvalue weighted by atomic mass is 16.1. The molecule has 5 nitrogen and oxygen atoms in total. The first-order chi connectivity index (χ1) is 10.2. The van der Waals surface area contributed by atoms with Crippen LogP contribution >= 0.6 is 0 Å². The second kappa shape index (κ2) is 7.19. The molecule has 21 heavy (non-hydrogen) atoms. The monoisotopic (exact) mass is 282 g/mol. The van der Waals surface area contributed by atoms with Gasteiger partial charge in [-0.15, -0.1) is 6.58 Å². The third kappa shape index (κ3) is 3.89. The van der Waals surface area contributed by atoms with E-state index in [1.54, 1.807) is 12.3 Å². The van der Waals surface area contributed by atoms with Crippen LogP contribution in [0, 0.1) is 0 Å². The first-order valence-corrected chi connectivity index (χ1v) is 6.80. The second-order valence-electron chi connectivity index (χ2n) is 4.42. The van der Waals surface area contributed by atoms with Gasteiger partial charge in [0.1, 0.15) is 11.5 Å². The Bertz CT molecular complexity index is 622. The highest BCUT2D eigenvalue weighted by Gasteiger charge is 2.07. The largest absolute Gasteiger partial charge is 0.347 e. The highest BCUT2D eigenvalue weighted by Crippen LogP contribution is 2.19. The molecular weight excluding hydrogens is 264 g/mol. The maximum absolute atomic E-state index is 11.7. The molecule has 0 aliphatic heterocycles. The number of benzene rings is 1. The quantitative estimate of drug-likeness (QED) is 0.799. The molecule has 0 aliphatic carbocycles. The molecule has 0 spiro atoms. The number of carbonyl (C=O) groups is 1. The number of carbonyl (C=O) groups excluding carboxylic acids is 1. The van der Waals surface area contributed by atoms with Gasteiger partial charge in [0.05, 0.1) is 12.4 Å². The topological polar surface area (TPSA) is 66.9 Å². The van der Waals surface area contributed by atoms with Crippen LogP contribution in [0.1, 0.15) is 23.0 Å². The summed E-state index contributed by atoms with van der Waals surface area (Å²) in [7, 11) is 0. The fraction of sp³-hybridized carbons (Fsp3) is 0.188. The molecule has 0 saturated carbocycles. The van der Waals surface area contributed by atoms with Gasteiger partial charge in [0.15, 0.2) is 0 Å². The zero-order chi connectivity index (χ0) is 15.1. The Balaban J connectivity index is 2.09. The number of aromatic nitrogens is 2. The van der Waals surface area contributed by atoms with E-state index in [0.29, 0.717) is 12.4 Å². The van der Waals surface area contributed by atoms with Crippen LogP contribution in [0.2, 0.25) is 0 Å². The van der Waals surface area contributed by atoms with E-state index < -0.39 is 0 Å².